The summed E-state index contributed by atoms with van der Waals surface area (Å²) in [5.74, 6) is -1.66. The van der Waals surface area contributed by atoms with Crippen LogP contribution >= 0.6 is 0 Å². The highest BCUT2D eigenvalue weighted by Gasteiger charge is 2.21. The number of rotatable bonds is 2. The van der Waals surface area contributed by atoms with Crippen molar-refractivity contribution >= 4 is 20.9 Å². The summed E-state index contributed by atoms with van der Waals surface area (Å²) in [7, 11) is -3.92. The van der Waals surface area contributed by atoms with Gasteiger partial charge in [0.1, 0.15) is 5.82 Å². The van der Waals surface area contributed by atoms with Gasteiger partial charge in [0.2, 0.25) is 0 Å². The van der Waals surface area contributed by atoms with Gasteiger partial charge in [-0.3, -0.25) is 0 Å². The van der Waals surface area contributed by atoms with E-state index >= 15 is 0 Å². The van der Waals surface area contributed by atoms with E-state index in [2.05, 4.69) is 0 Å². The summed E-state index contributed by atoms with van der Waals surface area (Å²) in [5.41, 5.74) is 0.761. The first-order chi connectivity index (χ1) is 9.89. The topological polar surface area (TPSA) is 39.1 Å². The zero-order chi connectivity index (χ0) is 15.2. The molecule has 6 heteroatoms. The van der Waals surface area contributed by atoms with Crippen molar-refractivity contribution in [2.24, 2.45) is 0 Å². The van der Waals surface area contributed by atoms with Crippen molar-refractivity contribution in [3.8, 4) is 0 Å². The van der Waals surface area contributed by atoms with E-state index in [9.17, 15) is 17.2 Å². The molecule has 108 valence electrons. The standard InChI is InChI=1S/C15H11F2NO2S/c1-10-2-4-13(5-3-10)21(19,20)18-7-6-11-8-12(16)9-14(17)15(11)18/h2-9H,1H3. The van der Waals surface area contributed by atoms with Crippen LogP contribution in [0.5, 0.6) is 0 Å². The molecular formula is C15H11F2NO2S. The Morgan fingerprint density at radius 1 is 1.00 bits per heavy atom. The third kappa shape index (κ3) is 2.21. The van der Waals surface area contributed by atoms with Gasteiger partial charge in [-0.1, -0.05) is 17.7 Å². The van der Waals surface area contributed by atoms with Crippen LogP contribution in [0.15, 0.2) is 53.6 Å². The molecule has 0 saturated heterocycles. The number of aromatic nitrogens is 1. The van der Waals surface area contributed by atoms with Crippen LogP contribution in [0, 0.1) is 18.6 Å². The Balaban J connectivity index is 2.27. The maximum atomic E-state index is 13.9. The monoisotopic (exact) mass is 307 g/mol. The SMILES string of the molecule is Cc1ccc(S(=O)(=O)n2ccc3cc(F)cc(F)c32)cc1. The van der Waals surface area contributed by atoms with Crippen molar-refractivity contribution in [3.63, 3.8) is 0 Å². The second kappa shape index (κ2) is 4.66. The van der Waals surface area contributed by atoms with Crippen LogP contribution in [-0.2, 0) is 10.0 Å². The summed E-state index contributed by atoms with van der Waals surface area (Å²) in [5, 5.41) is 0.197. The fraction of sp³-hybridized carbons (Fsp3) is 0.0667. The summed E-state index contributed by atoms with van der Waals surface area (Å²) < 4.78 is 53.1. The molecule has 0 saturated carbocycles. The zero-order valence-corrected chi connectivity index (χ0v) is 11.9. The molecule has 0 spiro atoms. The summed E-state index contributed by atoms with van der Waals surface area (Å²) >= 11 is 0. The van der Waals surface area contributed by atoms with Crippen LogP contribution in [0.4, 0.5) is 8.78 Å². The molecule has 0 atom stereocenters. The number of halogens is 2. The van der Waals surface area contributed by atoms with Gasteiger partial charge in [-0.05, 0) is 31.2 Å². The van der Waals surface area contributed by atoms with E-state index in [4.69, 9.17) is 0 Å². The van der Waals surface area contributed by atoms with Crippen LogP contribution in [0.2, 0.25) is 0 Å². The van der Waals surface area contributed by atoms with Gasteiger partial charge in [0.25, 0.3) is 10.0 Å². The average molecular weight is 307 g/mol. The van der Waals surface area contributed by atoms with E-state index in [0.717, 1.165) is 15.6 Å². The molecule has 3 nitrogen and oxygen atoms in total. The molecule has 1 heterocycles. The van der Waals surface area contributed by atoms with Crippen molar-refractivity contribution in [3.05, 3.63) is 65.9 Å². The van der Waals surface area contributed by atoms with Crippen LogP contribution in [0.3, 0.4) is 0 Å². The minimum Gasteiger partial charge on any atom is -0.238 e. The third-order valence-corrected chi connectivity index (χ3v) is 4.94. The fourth-order valence-electron chi connectivity index (χ4n) is 2.19. The first-order valence-electron chi connectivity index (χ1n) is 6.18. The van der Waals surface area contributed by atoms with Gasteiger partial charge in [-0.25, -0.2) is 21.2 Å². The van der Waals surface area contributed by atoms with Crippen molar-refractivity contribution in [1.82, 2.24) is 3.97 Å². The minimum atomic E-state index is -3.92. The largest absolute Gasteiger partial charge is 0.268 e. The highest BCUT2D eigenvalue weighted by Crippen LogP contribution is 2.25. The van der Waals surface area contributed by atoms with E-state index < -0.39 is 21.7 Å². The van der Waals surface area contributed by atoms with Gasteiger partial charge < -0.3 is 0 Å². The number of hydrogen-bond acceptors (Lipinski definition) is 2. The first-order valence-corrected chi connectivity index (χ1v) is 7.62. The van der Waals surface area contributed by atoms with Crippen molar-refractivity contribution < 1.29 is 17.2 Å². The number of aryl methyl sites for hydroxylation is 1. The van der Waals surface area contributed by atoms with Gasteiger partial charge in [0.15, 0.2) is 5.82 Å². The Labute approximate surface area is 120 Å². The molecule has 3 rings (SSSR count). The molecular weight excluding hydrogens is 296 g/mol. The fourth-order valence-corrected chi connectivity index (χ4v) is 3.55. The summed E-state index contributed by atoms with van der Waals surface area (Å²) in [6.07, 6.45) is 1.22. The van der Waals surface area contributed by atoms with Gasteiger partial charge in [0, 0.05) is 17.6 Å². The van der Waals surface area contributed by atoms with Crippen molar-refractivity contribution in [1.29, 1.82) is 0 Å². The molecule has 21 heavy (non-hydrogen) atoms. The lowest BCUT2D eigenvalue weighted by Crippen LogP contribution is -2.12. The lowest BCUT2D eigenvalue weighted by atomic mass is 10.2. The maximum absolute atomic E-state index is 13.9. The Morgan fingerprint density at radius 2 is 1.67 bits per heavy atom. The Morgan fingerprint density at radius 3 is 2.33 bits per heavy atom. The summed E-state index contributed by atoms with van der Waals surface area (Å²) in [4.78, 5) is 0.0503. The third-order valence-electron chi connectivity index (χ3n) is 3.25. The molecule has 1 aromatic heterocycles. The van der Waals surface area contributed by atoms with E-state index in [1.54, 1.807) is 12.1 Å². The highest BCUT2D eigenvalue weighted by molar-refractivity contribution is 7.90. The molecule has 0 unspecified atom stereocenters. The number of hydrogen-bond donors (Lipinski definition) is 0. The number of nitrogens with zero attached hydrogens (tertiary/aromatic N) is 1. The Kier molecular flexibility index (Phi) is 3.06. The lowest BCUT2D eigenvalue weighted by Gasteiger charge is -2.08. The molecule has 0 N–H and O–H groups in total. The molecule has 0 aliphatic rings. The van der Waals surface area contributed by atoms with Gasteiger partial charge >= 0.3 is 0 Å². The molecule has 0 amide bonds. The van der Waals surface area contributed by atoms with Gasteiger partial charge in [-0.2, -0.15) is 0 Å². The summed E-state index contributed by atoms with van der Waals surface area (Å²) in [6, 6.07) is 9.37. The lowest BCUT2D eigenvalue weighted by molar-refractivity contribution is 0.579. The molecule has 0 aliphatic heterocycles. The van der Waals surface area contributed by atoms with E-state index in [1.807, 2.05) is 6.92 Å². The minimum absolute atomic E-state index is 0.0503. The maximum Gasteiger partial charge on any atom is 0.268 e. The molecule has 2 aromatic carbocycles. The number of benzene rings is 2. The average Bonchev–Trinajstić information content (AvgIpc) is 2.83. The van der Waals surface area contributed by atoms with Crippen molar-refractivity contribution in [2.75, 3.05) is 0 Å². The van der Waals surface area contributed by atoms with Gasteiger partial charge in [-0.15, -0.1) is 0 Å². The predicted molar refractivity (Wildman–Crippen MR) is 75.6 cm³/mol. The molecule has 0 radical (unpaired) electrons. The van der Waals surface area contributed by atoms with Crippen LogP contribution in [0.1, 0.15) is 5.56 Å². The van der Waals surface area contributed by atoms with Gasteiger partial charge in [0.05, 0.1) is 10.4 Å². The normalized spacial score (nSPS) is 12.0. The molecule has 0 fully saturated rings. The molecule has 0 aliphatic carbocycles. The molecule has 3 aromatic rings. The second-order valence-corrected chi connectivity index (χ2v) is 6.57. The smallest absolute Gasteiger partial charge is 0.238 e. The predicted octanol–water partition coefficient (Wildman–Crippen LogP) is 3.46. The van der Waals surface area contributed by atoms with E-state index in [0.29, 0.717) is 6.07 Å². The summed E-state index contributed by atoms with van der Waals surface area (Å²) in [6.45, 7) is 1.84. The Hall–Kier alpha value is -2.21. The van der Waals surface area contributed by atoms with E-state index in [1.165, 1.54) is 24.4 Å². The second-order valence-electron chi connectivity index (χ2n) is 4.76. The van der Waals surface area contributed by atoms with Crippen LogP contribution < -0.4 is 0 Å². The van der Waals surface area contributed by atoms with Crippen LogP contribution in [-0.4, -0.2) is 12.4 Å². The zero-order valence-electron chi connectivity index (χ0n) is 11.0. The quantitative estimate of drug-likeness (QED) is 0.727. The van der Waals surface area contributed by atoms with Crippen molar-refractivity contribution in [2.45, 2.75) is 11.8 Å². The first kappa shape index (κ1) is 13.8. The Bertz CT molecular complexity index is 928. The van der Waals surface area contributed by atoms with E-state index in [-0.39, 0.29) is 15.8 Å². The van der Waals surface area contributed by atoms with Crippen LogP contribution in [0.25, 0.3) is 10.9 Å². The molecule has 0 bridgehead atoms. The number of fused-ring (bicyclic) bond motifs is 1. The highest BCUT2D eigenvalue weighted by atomic mass is 32.2.